The number of anilines is 1. The molecule has 0 saturated carbocycles. The summed E-state index contributed by atoms with van der Waals surface area (Å²) >= 11 is 0. The minimum atomic E-state index is -3.26. The second kappa shape index (κ2) is 5.09. The molecule has 0 aliphatic carbocycles. The molecule has 0 fully saturated rings. The summed E-state index contributed by atoms with van der Waals surface area (Å²) < 4.78 is 22.7. The second-order valence-electron chi connectivity index (χ2n) is 3.13. The van der Waals surface area contributed by atoms with Crippen LogP contribution in [0.3, 0.4) is 0 Å². The van der Waals surface area contributed by atoms with Gasteiger partial charge in [-0.05, 0) is 18.6 Å². The summed E-state index contributed by atoms with van der Waals surface area (Å²) in [7, 11) is -3.26. The Labute approximate surface area is 89.1 Å². The molecule has 0 unspecified atom stereocenters. The van der Waals surface area contributed by atoms with E-state index in [1.54, 1.807) is 6.07 Å². The first kappa shape index (κ1) is 11.9. The normalized spacial score (nSPS) is 11.3. The minimum Gasteiger partial charge on any atom is -0.396 e. The SMILES string of the molecule is CS(=O)(=O)c1cccnc1NCCCO. The molecular weight excluding hydrogens is 216 g/mol. The lowest BCUT2D eigenvalue weighted by molar-refractivity contribution is 0.292. The van der Waals surface area contributed by atoms with Crippen LogP contribution in [-0.2, 0) is 9.84 Å². The van der Waals surface area contributed by atoms with E-state index in [2.05, 4.69) is 10.3 Å². The number of aliphatic hydroxyl groups is 1. The number of aromatic nitrogens is 1. The highest BCUT2D eigenvalue weighted by Gasteiger charge is 2.12. The number of pyridine rings is 1. The molecule has 0 bridgehead atoms. The summed E-state index contributed by atoms with van der Waals surface area (Å²) in [6, 6.07) is 3.08. The minimum absolute atomic E-state index is 0.0635. The molecule has 0 aliphatic rings. The van der Waals surface area contributed by atoms with Gasteiger partial charge in [0.05, 0.1) is 0 Å². The van der Waals surface area contributed by atoms with E-state index in [4.69, 9.17) is 5.11 Å². The van der Waals surface area contributed by atoms with Crippen molar-refractivity contribution in [3.05, 3.63) is 18.3 Å². The van der Waals surface area contributed by atoms with Crippen molar-refractivity contribution < 1.29 is 13.5 Å². The van der Waals surface area contributed by atoms with Gasteiger partial charge in [-0.1, -0.05) is 0 Å². The van der Waals surface area contributed by atoms with E-state index in [1.807, 2.05) is 0 Å². The molecular formula is C9H14N2O3S. The largest absolute Gasteiger partial charge is 0.396 e. The molecule has 1 aromatic heterocycles. The third kappa shape index (κ3) is 3.49. The first-order valence-electron chi connectivity index (χ1n) is 4.55. The predicted octanol–water partition coefficient (Wildman–Crippen LogP) is 0.279. The van der Waals surface area contributed by atoms with Crippen molar-refractivity contribution in [2.45, 2.75) is 11.3 Å². The number of hydrogen-bond acceptors (Lipinski definition) is 5. The van der Waals surface area contributed by atoms with E-state index in [1.165, 1.54) is 12.3 Å². The van der Waals surface area contributed by atoms with Gasteiger partial charge in [-0.25, -0.2) is 13.4 Å². The molecule has 0 radical (unpaired) electrons. The van der Waals surface area contributed by atoms with Crippen LogP contribution in [0.4, 0.5) is 5.82 Å². The standard InChI is InChI=1S/C9H14N2O3S/c1-15(13,14)8-4-2-5-10-9(8)11-6-3-7-12/h2,4-5,12H,3,6-7H2,1H3,(H,10,11). The lowest BCUT2D eigenvalue weighted by Crippen LogP contribution is -2.09. The monoisotopic (exact) mass is 230 g/mol. The maximum Gasteiger partial charge on any atom is 0.179 e. The topological polar surface area (TPSA) is 79.3 Å². The van der Waals surface area contributed by atoms with Crippen molar-refractivity contribution >= 4 is 15.7 Å². The third-order valence-corrected chi connectivity index (χ3v) is 2.93. The maximum atomic E-state index is 11.4. The fraction of sp³-hybridized carbons (Fsp3) is 0.444. The van der Waals surface area contributed by atoms with Crippen molar-refractivity contribution in [2.24, 2.45) is 0 Å². The van der Waals surface area contributed by atoms with E-state index in [0.29, 0.717) is 18.8 Å². The van der Waals surface area contributed by atoms with E-state index >= 15 is 0 Å². The highest BCUT2D eigenvalue weighted by atomic mass is 32.2. The number of nitrogens with one attached hydrogen (secondary N) is 1. The molecule has 1 aromatic rings. The van der Waals surface area contributed by atoms with Crippen LogP contribution in [0.2, 0.25) is 0 Å². The highest BCUT2D eigenvalue weighted by Crippen LogP contribution is 2.17. The molecule has 0 aromatic carbocycles. The van der Waals surface area contributed by atoms with Gasteiger partial charge in [-0.15, -0.1) is 0 Å². The summed E-state index contributed by atoms with van der Waals surface area (Å²) in [5.41, 5.74) is 0. The molecule has 6 heteroatoms. The van der Waals surface area contributed by atoms with Crippen LogP contribution >= 0.6 is 0 Å². The van der Waals surface area contributed by atoms with E-state index in [0.717, 1.165) is 6.26 Å². The summed E-state index contributed by atoms with van der Waals surface area (Å²) in [6.45, 7) is 0.560. The van der Waals surface area contributed by atoms with Gasteiger partial charge in [-0.3, -0.25) is 0 Å². The first-order valence-corrected chi connectivity index (χ1v) is 6.44. The zero-order valence-electron chi connectivity index (χ0n) is 8.47. The number of aliphatic hydroxyl groups excluding tert-OH is 1. The van der Waals surface area contributed by atoms with Gasteiger partial charge in [0.1, 0.15) is 10.7 Å². The van der Waals surface area contributed by atoms with Gasteiger partial charge in [-0.2, -0.15) is 0 Å². The van der Waals surface area contributed by atoms with E-state index in [9.17, 15) is 8.42 Å². The molecule has 5 nitrogen and oxygen atoms in total. The molecule has 0 atom stereocenters. The lowest BCUT2D eigenvalue weighted by atomic mass is 10.4. The van der Waals surface area contributed by atoms with Crippen LogP contribution in [0.5, 0.6) is 0 Å². The Morgan fingerprint density at radius 2 is 2.27 bits per heavy atom. The van der Waals surface area contributed by atoms with Gasteiger partial charge in [0.15, 0.2) is 9.84 Å². The van der Waals surface area contributed by atoms with Crippen LogP contribution in [0.15, 0.2) is 23.2 Å². The Morgan fingerprint density at radius 3 is 2.87 bits per heavy atom. The Bertz CT molecular complexity index is 417. The molecule has 0 aliphatic heterocycles. The Balaban J connectivity index is 2.88. The Kier molecular flexibility index (Phi) is 4.05. The van der Waals surface area contributed by atoms with Crippen molar-refractivity contribution in [1.29, 1.82) is 0 Å². The molecule has 1 rings (SSSR count). The fourth-order valence-electron chi connectivity index (χ4n) is 1.11. The molecule has 0 saturated heterocycles. The highest BCUT2D eigenvalue weighted by molar-refractivity contribution is 7.90. The molecule has 1 heterocycles. The van der Waals surface area contributed by atoms with E-state index in [-0.39, 0.29) is 11.5 Å². The van der Waals surface area contributed by atoms with Crippen LogP contribution < -0.4 is 5.32 Å². The van der Waals surface area contributed by atoms with Gasteiger partial charge in [0.25, 0.3) is 0 Å². The van der Waals surface area contributed by atoms with Crippen LogP contribution in [0.1, 0.15) is 6.42 Å². The van der Waals surface area contributed by atoms with Gasteiger partial charge >= 0.3 is 0 Å². The first-order chi connectivity index (χ1) is 7.05. The number of nitrogens with zero attached hydrogens (tertiary/aromatic N) is 1. The Morgan fingerprint density at radius 1 is 1.53 bits per heavy atom. The smallest absolute Gasteiger partial charge is 0.179 e. The maximum absolute atomic E-state index is 11.4. The summed E-state index contributed by atoms with van der Waals surface area (Å²) in [5.74, 6) is 0.341. The lowest BCUT2D eigenvalue weighted by Gasteiger charge is -2.08. The summed E-state index contributed by atoms with van der Waals surface area (Å²) in [4.78, 5) is 4.13. The molecule has 84 valence electrons. The van der Waals surface area contributed by atoms with Crippen LogP contribution in [0.25, 0.3) is 0 Å². The molecule has 15 heavy (non-hydrogen) atoms. The van der Waals surface area contributed by atoms with Gasteiger partial charge in [0.2, 0.25) is 0 Å². The molecule has 0 spiro atoms. The average molecular weight is 230 g/mol. The predicted molar refractivity (Wildman–Crippen MR) is 57.5 cm³/mol. The third-order valence-electron chi connectivity index (χ3n) is 1.80. The van der Waals surface area contributed by atoms with Crippen LogP contribution in [-0.4, -0.2) is 37.9 Å². The summed E-state index contributed by atoms with van der Waals surface area (Å²) in [5, 5.41) is 11.5. The van der Waals surface area contributed by atoms with Crippen molar-refractivity contribution in [3.8, 4) is 0 Å². The molecule has 0 amide bonds. The summed E-state index contributed by atoms with van der Waals surface area (Å²) in [6.07, 6.45) is 3.22. The zero-order valence-corrected chi connectivity index (χ0v) is 9.29. The van der Waals surface area contributed by atoms with Crippen molar-refractivity contribution in [3.63, 3.8) is 0 Å². The second-order valence-corrected chi connectivity index (χ2v) is 5.11. The zero-order chi connectivity index (χ0) is 11.3. The van der Waals surface area contributed by atoms with Gasteiger partial charge < -0.3 is 10.4 Å². The Hall–Kier alpha value is -1.14. The number of sulfone groups is 1. The van der Waals surface area contributed by atoms with Gasteiger partial charge in [0, 0.05) is 25.6 Å². The van der Waals surface area contributed by atoms with Crippen molar-refractivity contribution in [1.82, 2.24) is 4.98 Å². The van der Waals surface area contributed by atoms with E-state index < -0.39 is 9.84 Å². The number of rotatable bonds is 5. The number of hydrogen-bond donors (Lipinski definition) is 2. The molecule has 2 N–H and O–H groups in total. The van der Waals surface area contributed by atoms with Crippen LogP contribution in [0, 0.1) is 0 Å². The fourth-order valence-corrected chi connectivity index (χ4v) is 1.91. The van der Waals surface area contributed by atoms with Crippen molar-refractivity contribution in [2.75, 3.05) is 24.7 Å². The quantitative estimate of drug-likeness (QED) is 0.710. The average Bonchev–Trinajstić information content (AvgIpc) is 2.17.